The first-order valence-electron chi connectivity index (χ1n) is 5.44. The normalized spacial score (nSPS) is 12.4. The van der Waals surface area contributed by atoms with Crippen molar-refractivity contribution in [3.8, 4) is 5.69 Å². The molecule has 19 heavy (non-hydrogen) atoms. The third-order valence-electron chi connectivity index (χ3n) is 2.68. The summed E-state index contributed by atoms with van der Waals surface area (Å²) < 4.78 is 1.44. The second kappa shape index (κ2) is 5.29. The molecule has 0 fully saturated rings. The van der Waals surface area contributed by atoms with Gasteiger partial charge >= 0.3 is 0 Å². The van der Waals surface area contributed by atoms with Gasteiger partial charge in [-0.05, 0) is 36.5 Å². The van der Waals surface area contributed by atoms with Crippen LogP contribution < -0.4 is 5.32 Å². The van der Waals surface area contributed by atoms with Gasteiger partial charge in [-0.2, -0.15) is 4.68 Å². The van der Waals surface area contributed by atoms with Crippen LogP contribution in [0.15, 0.2) is 18.2 Å². The number of nitrogens with zero attached hydrogens (tertiary/aromatic N) is 5. The number of hydrogen-bond acceptors (Lipinski definition) is 6. The van der Waals surface area contributed by atoms with Crippen molar-refractivity contribution >= 4 is 17.3 Å². The number of nitro benzene ring substituents is 1. The highest BCUT2D eigenvalue weighted by molar-refractivity contribution is 6.32. The van der Waals surface area contributed by atoms with E-state index in [4.69, 9.17) is 11.6 Å². The Morgan fingerprint density at radius 2 is 2.26 bits per heavy atom. The van der Waals surface area contributed by atoms with Gasteiger partial charge in [0.1, 0.15) is 5.02 Å². The average molecular weight is 283 g/mol. The summed E-state index contributed by atoms with van der Waals surface area (Å²) >= 11 is 5.77. The number of tetrazole rings is 1. The molecule has 0 saturated carbocycles. The van der Waals surface area contributed by atoms with E-state index in [-0.39, 0.29) is 16.8 Å². The number of nitrogens with one attached hydrogen (secondary N) is 1. The molecule has 9 heteroatoms. The first-order chi connectivity index (χ1) is 9.04. The molecule has 1 heterocycles. The summed E-state index contributed by atoms with van der Waals surface area (Å²) in [6, 6.07) is 4.32. The minimum Gasteiger partial charge on any atom is -0.311 e. The van der Waals surface area contributed by atoms with Gasteiger partial charge in [-0.1, -0.05) is 11.6 Å². The number of hydrogen-bond donors (Lipinski definition) is 1. The Labute approximate surface area is 113 Å². The number of halogens is 1. The molecule has 2 aromatic rings. The topological polar surface area (TPSA) is 98.8 Å². The molecule has 1 aromatic heterocycles. The number of nitro groups is 1. The SMILES string of the molecule is CNC(C)c1nnnn1-c1ccc(Cl)c([N+](=O)[O-])c1. The van der Waals surface area contributed by atoms with Crippen molar-refractivity contribution in [2.45, 2.75) is 13.0 Å². The van der Waals surface area contributed by atoms with Crippen LogP contribution in [-0.4, -0.2) is 32.2 Å². The van der Waals surface area contributed by atoms with Crippen molar-refractivity contribution < 1.29 is 4.92 Å². The standard InChI is InChI=1S/C10H11ClN6O2/c1-6(12-2)10-13-14-15-16(10)7-3-4-8(11)9(5-7)17(18)19/h3-6,12H,1-2H3. The third-order valence-corrected chi connectivity index (χ3v) is 3.00. The van der Waals surface area contributed by atoms with Gasteiger partial charge in [-0.25, -0.2) is 0 Å². The zero-order valence-corrected chi connectivity index (χ0v) is 11.0. The Morgan fingerprint density at radius 3 is 2.89 bits per heavy atom. The van der Waals surface area contributed by atoms with E-state index < -0.39 is 4.92 Å². The molecule has 0 aliphatic carbocycles. The lowest BCUT2D eigenvalue weighted by Gasteiger charge is -2.10. The van der Waals surface area contributed by atoms with Crippen LogP contribution in [0.4, 0.5) is 5.69 Å². The van der Waals surface area contributed by atoms with E-state index in [2.05, 4.69) is 20.8 Å². The molecule has 1 aromatic carbocycles. The lowest BCUT2D eigenvalue weighted by Crippen LogP contribution is -2.17. The largest absolute Gasteiger partial charge is 0.311 e. The molecule has 1 N–H and O–H groups in total. The quantitative estimate of drug-likeness (QED) is 0.674. The van der Waals surface area contributed by atoms with Gasteiger partial charge < -0.3 is 5.32 Å². The predicted octanol–water partition coefficient (Wildman–Crippen LogP) is 1.50. The van der Waals surface area contributed by atoms with E-state index in [1.54, 1.807) is 13.1 Å². The zero-order valence-electron chi connectivity index (χ0n) is 10.2. The Balaban J connectivity index is 2.51. The molecule has 0 saturated heterocycles. The fourth-order valence-electron chi connectivity index (χ4n) is 1.55. The highest BCUT2D eigenvalue weighted by Crippen LogP contribution is 2.27. The second-order valence-corrected chi connectivity index (χ2v) is 4.26. The summed E-state index contributed by atoms with van der Waals surface area (Å²) in [5.41, 5.74) is 0.302. The summed E-state index contributed by atoms with van der Waals surface area (Å²) in [7, 11) is 1.77. The smallest absolute Gasteiger partial charge is 0.290 e. The summed E-state index contributed by atoms with van der Waals surface area (Å²) in [6.45, 7) is 1.88. The maximum absolute atomic E-state index is 10.9. The van der Waals surface area contributed by atoms with E-state index in [1.807, 2.05) is 6.92 Å². The summed E-state index contributed by atoms with van der Waals surface area (Å²) in [5, 5.41) is 25.3. The summed E-state index contributed by atoms with van der Waals surface area (Å²) in [4.78, 5) is 10.3. The molecular formula is C10H11ClN6O2. The van der Waals surface area contributed by atoms with Crippen LogP contribution in [0, 0.1) is 10.1 Å². The minimum atomic E-state index is -0.544. The van der Waals surface area contributed by atoms with Crippen LogP contribution in [0.5, 0.6) is 0 Å². The summed E-state index contributed by atoms with van der Waals surface area (Å²) in [6.07, 6.45) is 0. The lowest BCUT2D eigenvalue weighted by atomic mass is 10.2. The Hall–Kier alpha value is -2.06. The molecular weight excluding hydrogens is 272 g/mol. The van der Waals surface area contributed by atoms with E-state index in [9.17, 15) is 10.1 Å². The van der Waals surface area contributed by atoms with Crippen LogP contribution in [0.1, 0.15) is 18.8 Å². The average Bonchev–Trinajstić information content (AvgIpc) is 2.87. The molecule has 0 amide bonds. The lowest BCUT2D eigenvalue weighted by molar-refractivity contribution is -0.384. The van der Waals surface area contributed by atoms with Gasteiger partial charge in [-0.3, -0.25) is 10.1 Å². The van der Waals surface area contributed by atoms with Gasteiger partial charge in [0.05, 0.1) is 16.7 Å². The summed E-state index contributed by atoms with van der Waals surface area (Å²) in [5.74, 6) is 0.555. The number of aromatic nitrogens is 4. The van der Waals surface area contributed by atoms with E-state index in [0.717, 1.165) is 0 Å². The van der Waals surface area contributed by atoms with E-state index in [1.165, 1.54) is 16.8 Å². The Kier molecular flexibility index (Phi) is 3.72. The molecule has 2 rings (SSSR count). The molecule has 1 atom stereocenters. The zero-order chi connectivity index (χ0) is 14.0. The first-order valence-corrected chi connectivity index (χ1v) is 5.82. The van der Waals surface area contributed by atoms with Crippen molar-refractivity contribution in [2.24, 2.45) is 0 Å². The maximum atomic E-state index is 10.9. The molecule has 1 unspecified atom stereocenters. The van der Waals surface area contributed by atoms with Gasteiger partial charge in [0.2, 0.25) is 0 Å². The van der Waals surface area contributed by atoms with Gasteiger partial charge in [-0.15, -0.1) is 5.10 Å². The second-order valence-electron chi connectivity index (χ2n) is 3.85. The number of rotatable bonds is 4. The number of benzene rings is 1. The van der Waals surface area contributed by atoms with Crippen LogP contribution in [0.25, 0.3) is 5.69 Å². The van der Waals surface area contributed by atoms with Gasteiger partial charge in [0, 0.05) is 6.07 Å². The van der Waals surface area contributed by atoms with E-state index in [0.29, 0.717) is 11.5 Å². The molecule has 100 valence electrons. The van der Waals surface area contributed by atoms with Crippen molar-refractivity contribution in [2.75, 3.05) is 7.05 Å². The van der Waals surface area contributed by atoms with Crippen molar-refractivity contribution in [3.05, 3.63) is 39.2 Å². The first kappa shape index (κ1) is 13.4. The van der Waals surface area contributed by atoms with Gasteiger partial charge in [0.25, 0.3) is 5.69 Å². The minimum absolute atomic E-state index is 0.0741. The molecule has 0 radical (unpaired) electrons. The van der Waals surface area contributed by atoms with E-state index >= 15 is 0 Å². The van der Waals surface area contributed by atoms with Crippen LogP contribution in [-0.2, 0) is 0 Å². The molecule has 0 spiro atoms. The highest BCUT2D eigenvalue weighted by atomic mass is 35.5. The van der Waals surface area contributed by atoms with Crippen LogP contribution >= 0.6 is 11.6 Å². The van der Waals surface area contributed by atoms with Crippen molar-refractivity contribution in [1.82, 2.24) is 25.5 Å². The highest BCUT2D eigenvalue weighted by Gasteiger charge is 2.18. The van der Waals surface area contributed by atoms with Gasteiger partial charge in [0.15, 0.2) is 5.82 Å². The third kappa shape index (κ3) is 2.54. The van der Waals surface area contributed by atoms with Crippen molar-refractivity contribution in [1.29, 1.82) is 0 Å². The fraction of sp³-hybridized carbons (Fsp3) is 0.300. The van der Waals surface area contributed by atoms with Crippen molar-refractivity contribution in [3.63, 3.8) is 0 Å². The molecule has 0 aliphatic heterocycles. The molecule has 0 aliphatic rings. The maximum Gasteiger partial charge on any atom is 0.290 e. The Morgan fingerprint density at radius 1 is 1.53 bits per heavy atom. The van der Waals surface area contributed by atoms with Crippen LogP contribution in [0.3, 0.4) is 0 Å². The molecule has 8 nitrogen and oxygen atoms in total. The molecule has 0 bridgehead atoms. The predicted molar refractivity (Wildman–Crippen MR) is 68.3 cm³/mol. The monoisotopic (exact) mass is 282 g/mol. The fourth-order valence-corrected chi connectivity index (χ4v) is 1.74. The van der Waals surface area contributed by atoms with Crippen LogP contribution in [0.2, 0.25) is 5.02 Å². The Bertz CT molecular complexity index is 614.